The first-order valence-corrected chi connectivity index (χ1v) is 12.7. The molecule has 0 saturated carbocycles. The summed E-state index contributed by atoms with van der Waals surface area (Å²) in [5, 5.41) is 6.51. The smallest absolute Gasteiger partial charge is 0.344 e. The summed E-state index contributed by atoms with van der Waals surface area (Å²) in [5.74, 6) is -0.530. The first kappa shape index (κ1) is 27.5. The molecule has 2 aromatic rings. The van der Waals surface area contributed by atoms with Crippen LogP contribution in [0.3, 0.4) is 0 Å². The number of benzene rings is 2. The number of hydrazone groups is 1. The van der Waals surface area contributed by atoms with E-state index >= 15 is 0 Å². The Labute approximate surface area is 214 Å². The Kier molecular flexibility index (Phi) is 12.9. The Bertz CT molecular complexity index is 961. The molecule has 0 aromatic heterocycles. The number of ether oxygens (including phenoxy) is 1. The van der Waals surface area contributed by atoms with Gasteiger partial charge in [0.15, 0.2) is 0 Å². The van der Waals surface area contributed by atoms with Crippen LogP contribution >= 0.6 is 22.6 Å². The van der Waals surface area contributed by atoms with Gasteiger partial charge in [0.2, 0.25) is 5.91 Å². The molecule has 0 aliphatic carbocycles. The number of unbranched alkanes of at least 4 members (excludes halogenated alkanes) is 6. The van der Waals surface area contributed by atoms with Crippen LogP contribution in [0.4, 0.5) is 0 Å². The number of nitrogens with zero attached hydrogens (tertiary/aromatic N) is 1. The number of hydrogen-bond acceptors (Lipinski definition) is 5. The molecule has 0 saturated heterocycles. The van der Waals surface area contributed by atoms with Crippen molar-refractivity contribution < 1.29 is 19.1 Å². The zero-order valence-electron chi connectivity index (χ0n) is 19.5. The minimum atomic E-state index is -0.423. The first-order chi connectivity index (χ1) is 16.5. The fourth-order valence-electron chi connectivity index (χ4n) is 3.14. The molecule has 0 radical (unpaired) electrons. The van der Waals surface area contributed by atoms with Crippen molar-refractivity contribution in [2.75, 3.05) is 6.54 Å². The van der Waals surface area contributed by atoms with Gasteiger partial charge in [-0.25, -0.2) is 10.2 Å². The first-order valence-electron chi connectivity index (χ1n) is 11.6. The van der Waals surface area contributed by atoms with Gasteiger partial charge in [-0.3, -0.25) is 9.59 Å². The molecule has 34 heavy (non-hydrogen) atoms. The molecule has 2 rings (SSSR count). The van der Waals surface area contributed by atoms with Crippen LogP contribution in [0.1, 0.15) is 74.2 Å². The van der Waals surface area contributed by atoms with Crippen LogP contribution in [0.2, 0.25) is 0 Å². The van der Waals surface area contributed by atoms with Crippen molar-refractivity contribution in [2.45, 2.75) is 58.3 Å². The van der Waals surface area contributed by atoms with Gasteiger partial charge in [0.1, 0.15) is 5.75 Å². The summed E-state index contributed by atoms with van der Waals surface area (Å²) >= 11 is 2.09. The molecule has 0 bridgehead atoms. The Balaban J connectivity index is 1.64. The number of hydrogen-bond donors (Lipinski definition) is 2. The van der Waals surface area contributed by atoms with Crippen molar-refractivity contribution in [3.8, 4) is 5.75 Å². The van der Waals surface area contributed by atoms with Gasteiger partial charge in [0.05, 0.1) is 18.3 Å². The van der Waals surface area contributed by atoms with E-state index in [1.54, 1.807) is 36.4 Å². The summed E-state index contributed by atoms with van der Waals surface area (Å²) < 4.78 is 6.21. The summed E-state index contributed by atoms with van der Waals surface area (Å²) in [4.78, 5) is 36.0. The molecule has 0 aliphatic rings. The molecule has 0 unspecified atom stereocenters. The minimum absolute atomic E-state index is 0.111. The van der Waals surface area contributed by atoms with E-state index in [0.717, 1.165) is 28.4 Å². The fourth-order valence-corrected chi connectivity index (χ4v) is 3.75. The number of halogens is 1. The number of rotatable bonds is 14. The van der Waals surface area contributed by atoms with Crippen LogP contribution < -0.4 is 15.5 Å². The summed E-state index contributed by atoms with van der Waals surface area (Å²) in [7, 11) is 0. The zero-order chi connectivity index (χ0) is 24.6. The molecule has 0 heterocycles. The van der Waals surface area contributed by atoms with Gasteiger partial charge in [-0.1, -0.05) is 57.6 Å². The predicted octanol–water partition coefficient (Wildman–Crippen LogP) is 5.22. The van der Waals surface area contributed by atoms with Gasteiger partial charge in [0, 0.05) is 9.99 Å². The highest BCUT2D eigenvalue weighted by Crippen LogP contribution is 2.17. The van der Waals surface area contributed by atoms with Crippen LogP contribution in [-0.4, -0.2) is 30.5 Å². The highest BCUT2D eigenvalue weighted by atomic mass is 127. The quantitative estimate of drug-likeness (QED) is 0.0804. The van der Waals surface area contributed by atoms with Crippen molar-refractivity contribution in [1.29, 1.82) is 0 Å². The number of amides is 2. The van der Waals surface area contributed by atoms with Crippen LogP contribution in [0.25, 0.3) is 0 Å². The third-order valence-electron chi connectivity index (χ3n) is 5.04. The molecule has 0 atom stereocenters. The molecule has 2 N–H and O–H groups in total. The lowest BCUT2D eigenvalue weighted by atomic mass is 10.1. The molecule has 0 spiro atoms. The summed E-state index contributed by atoms with van der Waals surface area (Å²) in [5.41, 5.74) is 3.61. The summed E-state index contributed by atoms with van der Waals surface area (Å²) in [6.07, 6.45) is 9.92. The second kappa shape index (κ2) is 16.0. The highest BCUT2D eigenvalue weighted by molar-refractivity contribution is 14.1. The van der Waals surface area contributed by atoms with Crippen LogP contribution in [-0.2, 0) is 9.59 Å². The second-order valence-electron chi connectivity index (χ2n) is 7.88. The average molecular weight is 577 g/mol. The average Bonchev–Trinajstić information content (AvgIpc) is 2.83. The van der Waals surface area contributed by atoms with E-state index in [2.05, 4.69) is 45.4 Å². The third-order valence-corrected chi connectivity index (χ3v) is 5.98. The van der Waals surface area contributed by atoms with Crippen molar-refractivity contribution >= 4 is 46.6 Å². The fraction of sp³-hybridized carbons (Fsp3) is 0.385. The molecular formula is C26H32IN3O4. The predicted molar refractivity (Wildman–Crippen MR) is 142 cm³/mol. The Morgan fingerprint density at radius 3 is 2.29 bits per heavy atom. The van der Waals surface area contributed by atoms with E-state index in [4.69, 9.17) is 4.74 Å². The van der Waals surface area contributed by atoms with Gasteiger partial charge in [-0.05, 0) is 71.0 Å². The van der Waals surface area contributed by atoms with Crippen molar-refractivity contribution in [2.24, 2.45) is 5.10 Å². The second-order valence-corrected chi connectivity index (χ2v) is 9.04. The molecule has 7 nitrogen and oxygen atoms in total. The van der Waals surface area contributed by atoms with E-state index in [-0.39, 0.29) is 12.5 Å². The van der Waals surface area contributed by atoms with Crippen LogP contribution in [0.5, 0.6) is 5.75 Å². The molecule has 2 amide bonds. The normalized spacial score (nSPS) is 10.8. The minimum Gasteiger partial charge on any atom is -0.423 e. The number of carbonyl (C=O) groups excluding carboxylic acids is 3. The molecule has 0 fully saturated rings. The van der Waals surface area contributed by atoms with E-state index < -0.39 is 11.9 Å². The van der Waals surface area contributed by atoms with E-state index in [0.29, 0.717) is 17.7 Å². The van der Waals surface area contributed by atoms with Crippen molar-refractivity contribution in [3.05, 3.63) is 63.2 Å². The molecule has 182 valence electrons. The lowest BCUT2D eigenvalue weighted by Gasteiger charge is -2.06. The number of nitrogens with one attached hydrogen (secondary N) is 2. The van der Waals surface area contributed by atoms with Crippen molar-refractivity contribution in [1.82, 2.24) is 10.7 Å². The van der Waals surface area contributed by atoms with E-state index in [1.165, 1.54) is 31.9 Å². The Hall–Kier alpha value is -2.75. The third kappa shape index (κ3) is 10.9. The highest BCUT2D eigenvalue weighted by Gasteiger charge is 2.11. The zero-order valence-corrected chi connectivity index (χ0v) is 21.7. The largest absolute Gasteiger partial charge is 0.423 e. The van der Waals surface area contributed by atoms with Crippen LogP contribution in [0.15, 0.2) is 53.6 Å². The number of esters is 1. The van der Waals surface area contributed by atoms with E-state index in [1.807, 2.05) is 12.1 Å². The summed E-state index contributed by atoms with van der Waals surface area (Å²) in [6, 6.07) is 13.9. The standard InChI is InChI=1S/C26H32IN3O4/c1-2-3-4-5-6-7-8-13-24(31)28-19-25(32)30-29-18-20-14-16-21(17-15-20)34-26(33)22-11-9-10-12-23(22)27/h9-12,14-18H,2-8,13,19H2,1H3,(H,28,31)(H,30,32)/b29-18-. The maximum absolute atomic E-state index is 12.3. The maximum atomic E-state index is 12.3. The monoisotopic (exact) mass is 577 g/mol. The van der Waals surface area contributed by atoms with Gasteiger partial charge in [-0.15, -0.1) is 0 Å². The summed E-state index contributed by atoms with van der Waals surface area (Å²) in [6.45, 7) is 2.08. The van der Waals surface area contributed by atoms with Gasteiger partial charge in [-0.2, -0.15) is 5.10 Å². The number of carbonyl (C=O) groups is 3. The van der Waals surface area contributed by atoms with Gasteiger partial charge >= 0.3 is 5.97 Å². The molecule has 8 heteroatoms. The van der Waals surface area contributed by atoms with Gasteiger partial charge in [0.25, 0.3) is 5.91 Å². The molecule has 0 aliphatic heterocycles. The topological polar surface area (TPSA) is 96.9 Å². The maximum Gasteiger partial charge on any atom is 0.344 e. The lowest BCUT2D eigenvalue weighted by Crippen LogP contribution is -2.34. The SMILES string of the molecule is CCCCCCCCCC(=O)NCC(=O)N/N=C\c1ccc(OC(=O)c2ccccc2I)cc1. The van der Waals surface area contributed by atoms with Crippen molar-refractivity contribution in [3.63, 3.8) is 0 Å². The molecule has 2 aromatic carbocycles. The molecular weight excluding hydrogens is 545 g/mol. The van der Waals surface area contributed by atoms with Crippen LogP contribution in [0, 0.1) is 3.57 Å². The Morgan fingerprint density at radius 1 is 0.912 bits per heavy atom. The Morgan fingerprint density at radius 2 is 1.59 bits per heavy atom. The van der Waals surface area contributed by atoms with Gasteiger partial charge < -0.3 is 10.1 Å². The van der Waals surface area contributed by atoms with E-state index in [9.17, 15) is 14.4 Å². The lowest BCUT2D eigenvalue weighted by molar-refractivity contribution is -0.126.